The van der Waals surface area contributed by atoms with Crippen LogP contribution in [-0.2, 0) is 6.42 Å². The third-order valence-corrected chi connectivity index (χ3v) is 2.83. The topological polar surface area (TPSA) is 38.9 Å². The molecular weight excluding hydrogens is 196 g/mol. The van der Waals surface area contributed by atoms with Gasteiger partial charge in [0.2, 0.25) is 0 Å². The molecule has 0 unspecified atom stereocenters. The maximum atomic E-state index is 5.66. The molecule has 0 aliphatic rings. The van der Waals surface area contributed by atoms with Gasteiger partial charge in [0.15, 0.2) is 0 Å². The number of hydrogen-bond donors (Lipinski definition) is 1. The maximum Gasteiger partial charge on any atom is 0.0708 e. The maximum absolute atomic E-state index is 5.66. The van der Waals surface area contributed by atoms with Gasteiger partial charge in [0.25, 0.3) is 0 Å². The zero-order valence-electron chi connectivity index (χ0n) is 9.90. The number of aromatic nitrogens is 1. The number of hydrogen-bond acceptors (Lipinski definition) is 2. The summed E-state index contributed by atoms with van der Waals surface area (Å²) < 4.78 is 0. The highest BCUT2D eigenvalue weighted by Gasteiger charge is 2.07. The first-order valence-electron chi connectivity index (χ1n) is 5.81. The molecule has 0 saturated heterocycles. The summed E-state index contributed by atoms with van der Waals surface area (Å²) in [6.45, 7) is 5.03. The Morgan fingerprint density at radius 2 is 2.00 bits per heavy atom. The molecule has 0 radical (unpaired) electrons. The summed E-state index contributed by atoms with van der Waals surface area (Å²) in [5, 5.41) is 1.23. The van der Waals surface area contributed by atoms with Gasteiger partial charge in [-0.1, -0.05) is 32.0 Å². The van der Waals surface area contributed by atoms with Gasteiger partial charge < -0.3 is 5.73 Å². The van der Waals surface area contributed by atoms with Gasteiger partial charge in [0, 0.05) is 11.1 Å². The highest BCUT2D eigenvalue weighted by Crippen LogP contribution is 2.22. The van der Waals surface area contributed by atoms with Crippen molar-refractivity contribution in [1.29, 1.82) is 0 Å². The molecule has 1 aromatic heterocycles. The Morgan fingerprint density at radius 1 is 1.25 bits per heavy atom. The van der Waals surface area contributed by atoms with Crippen LogP contribution in [0.2, 0.25) is 0 Å². The molecule has 0 spiro atoms. The first-order valence-corrected chi connectivity index (χ1v) is 5.81. The minimum Gasteiger partial charge on any atom is -0.330 e. The lowest BCUT2D eigenvalue weighted by Gasteiger charge is -2.10. The summed E-state index contributed by atoms with van der Waals surface area (Å²) in [5.41, 5.74) is 9.21. The lowest BCUT2D eigenvalue weighted by atomic mass is 10.0. The molecule has 1 aromatic carbocycles. The number of pyridine rings is 1. The molecule has 0 fully saturated rings. The van der Waals surface area contributed by atoms with Gasteiger partial charge >= 0.3 is 0 Å². The fraction of sp³-hybridized carbons (Fsp3) is 0.357. The number of para-hydroxylation sites is 1. The SMILES string of the molecule is CC(C)c1cc(CCN)c2ccccc2n1. The summed E-state index contributed by atoms with van der Waals surface area (Å²) in [6.07, 6.45) is 0.919. The molecule has 2 nitrogen and oxygen atoms in total. The number of nitrogens with two attached hydrogens (primary N) is 1. The van der Waals surface area contributed by atoms with Gasteiger partial charge in [-0.25, -0.2) is 0 Å². The number of rotatable bonds is 3. The summed E-state index contributed by atoms with van der Waals surface area (Å²) >= 11 is 0. The second-order valence-electron chi connectivity index (χ2n) is 4.42. The van der Waals surface area contributed by atoms with Crippen LogP contribution in [0.5, 0.6) is 0 Å². The van der Waals surface area contributed by atoms with Gasteiger partial charge in [-0.3, -0.25) is 4.98 Å². The molecule has 0 aliphatic heterocycles. The molecule has 16 heavy (non-hydrogen) atoms. The number of fused-ring (bicyclic) bond motifs is 1. The van der Waals surface area contributed by atoms with Crippen molar-refractivity contribution in [2.45, 2.75) is 26.2 Å². The smallest absolute Gasteiger partial charge is 0.0708 e. The van der Waals surface area contributed by atoms with Gasteiger partial charge in [-0.05, 0) is 36.6 Å². The van der Waals surface area contributed by atoms with Crippen LogP contribution in [0.4, 0.5) is 0 Å². The zero-order valence-corrected chi connectivity index (χ0v) is 9.90. The largest absolute Gasteiger partial charge is 0.330 e. The zero-order chi connectivity index (χ0) is 11.5. The van der Waals surface area contributed by atoms with Crippen LogP contribution in [-0.4, -0.2) is 11.5 Å². The van der Waals surface area contributed by atoms with E-state index in [4.69, 9.17) is 5.73 Å². The number of benzene rings is 1. The summed E-state index contributed by atoms with van der Waals surface area (Å²) in [4.78, 5) is 4.68. The molecule has 0 amide bonds. The van der Waals surface area contributed by atoms with Crippen LogP contribution in [0.3, 0.4) is 0 Å². The fourth-order valence-electron chi connectivity index (χ4n) is 1.93. The first kappa shape index (κ1) is 11.1. The van der Waals surface area contributed by atoms with E-state index in [-0.39, 0.29) is 0 Å². The van der Waals surface area contributed by atoms with E-state index in [0.29, 0.717) is 12.5 Å². The molecule has 0 aliphatic carbocycles. The molecule has 2 rings (SSSR count). The van der Waals surface area contributed by atoms with Gasteiger partial charge in [0.05, 0.1) is 5.52 Å². The standard InChI is InChI=1S/C14H18N2/c1-10(2)14-9-11(7-8-15)12-5-3-4-6-13(12)16-14/h3-6,9-10H,7-8,15H2,1-2H3. The molecule has 2 aromatic rings. The number of nitrogens with zero attached hydrogens (tertiary/aromatic N) is 1. The summed E-state index contributed by atoms with van der Waals surface area (Å²) in [7, 11) is 0. The molecule has 2 heteroatoms. The van der Waals surface area contributed by atoms with Crippen molar-refractivity contribution in [3.8, 4) is 0 Å². The van der Waals surface area contributed by atoms with Crippen molar-refractivity contribution in [2.75, 3.05) is 6.54 Å². The Kier molecular flexibility index (Phi) is 3.20. The molecule has 1 heterocycles. The van der Waals surface area contributed by atoms with E-state index in [0.717, 1.165) is 17.6 Å². The second-order valence-corrected chi connectivity index (χ2v) is 4.42. The lowest BCUT2D eigenvalue weighted by Crippen LogP contribution is -2.05. The Balaban J connectivity index is 2.63. The van der Waals surface area contributed by atoms with Crippen LogP contribution in [0.1, 0.15) is 31.0 Å². The fourth-order valence-corrected chi connectivity index (χ4v) is 1.93. The van der Waals surface area contributed by atoms with E-state index < -0.39 is 0 Å². The molecule has 0 saturated carbocycles. The normalized spacial score (nSPS) is 11.2. The molecule has 0 bridgehead atoms. The van der Waals surface area contributed by atoms with Crippen LogP contribution in [0.25, 0.3) is 10.9 Å². The average Bonchev–Trinajstić information content (AvgIpc) is 2.29. The summed E-state index contributed by atoms with van der Waals surface area (Å²) in [6, 6.07) is 10.5. The van der Waals surface area contributed by atoms with Crippen molar-refractivity contribution in [3.63, 3.8) is 0 Å². The molecule has 84 valence electrons. The second kappa shape index (κ2) is 4.62. The third kappa shape index (κ3) is 2.07. The highest BCUT2D eigenvalue weighted by atomic mass is 14.7. The van der Waals surface area contributed by atoms with E-state index in [1.807, 2.05) is 6.07 Å². The van der Waals surface area contributed by atoms with Crippen molar-refractivity contribution in [3.05, 3.63) is 41.6 Å². The van der Waals surface area contributed by atoms with Crippen molar-refractivity contribution in [2.24, 2.45) is 5.73 Å². The van der Waals surface area contributed by atoms with Gasteiger partial charge in [0.1, 0.15) is 0 Å². The molecular formula is C14H18N2. The predicted molar refractivity (Wildman–Crippen MR) is 68.6 cm³/mol. The summed E-state index contributed by atoms with van der Waals surface area (Å²) in [5.74, 6) is 0.459. The minimum absolute atomic E-state index is 0.459. The van der Waals surface area contributed by atoms with E-state index in [9.17, 15) is 0 Å². The monoisotopic (exact) mass is 214 g/mol. The van der Waals surface area contributed by atoms with E-state index >= 15 is 0 Å². The molecule has 0 atom stereocenters. The van der Waals surface area contributed by atoms with E-state index in [2.05, 4.69) is 43.1 Å². The van der Waals surface area contributed by atoms with Crippen LogP contribution in [0, 0.1) is 0 Å². The van der Waals surface area contributed by atoms with Crippen LogP contribution >= 0.6 is 0 Å². The Labute approximate surface area is 96.5 Å². The predicted octanol–water partition coefficient (Wildman–Crippen LogP) is 2.86. The van der Waals surface area contributed by atoms with Crippen molar-refractivity contribution < 1.29 is 0 Å². The van der Waals surface area contributed by atoms with Crippen LogP contribution in [0.15, 0.2) is 30.3 Å². The first-order chi connectivity index (χ1) is 7.72. The Bertz CT molecular complexity index is 489. The molecule has 2 N–H and O–H groups in total. The quantitative estimate of drug-likeness (QED) is 0.853. The van der Waals surface area contributed by atoms with Gasteiger partial charge in [-0.15, -0.1) is 0 Å². The average molecular weight is 214 g/mol. The minimum atomic E-state index is 0.459. The van der Waals surface area contributed by atoms with Crippen molar-refractivity contribution in [1.82, 2.24) is 4.98 Å². The van der Waals surface area contributed by atoms with Crippen LogP contribution < -0.4 is 5.73 Å². The van der Waals surface area contributed by atoms with E-state index in [1.165, 1.54) is 10.9 Å². The van der Waals surface area contributed by atoms with Crippen molar-refractivity contribution >= 4 is 10.9 Å². The van der Waals surface area contributed by atoms with E-state index in [1.54, 1.807) is 0 Å². The van der Waals surface area contributed by atoms with Gasteiger partial charge in [-0.2, -0.15) is 0 Å². The Hall–Kier alpha value is -1.41. The third-order valence-electron chi connectivity index (χ3n) is 2.83. The highest BCUT2D eigenvalue weighted by molar-refractivity contribution is 5.82. The Morgan fingerprint density at radius 3 is 2.69 bits per heavy atom. The lowest BCUT2D eigenvalue weighted by molar-refractivity contribution is 0.824.